The normalized spacial score (nSPS) is 20.1. The molecule has 0 saturated heterocycles. The monoisotopic (exact) mass is 407 g/mol. The maximum Gasteiger partial charge on any atom is 0.142 e. The Morgan fingerprint density at radius 2 is 2.07 bits per heavy atom. The van der Waals surface area contributed by atoms with E-state index in [-0.39, 0.29) is 0 Å². The van der Waals surface area contributed by atoms with Crippen LogP contribution in [0.25, 0.3) is 0 Å². The number of anilines is 1. The number of allylic oxidation sites excluding steroid dienone is 1. The van der Waals surface area contributed by atoms with Crippen molar-refractivity contribution in [2.75, 3.05) is 26.0 Å². The summed E-state index contributed by atoms with van der Waals surface area (Å²) in [5.74, 6) is 2.90. The topological polar surface area (TPSA) is 43.8 Å². The Kier molecular flexibility index (Phi) is 7.48. The highest BCUT2D eigenvalue weighted by atomic mass is 15.3. The van der Waals surface area contributed by atoms with Gasteiger partial charge in [0, 0.05) is 36.5 Å². The molecular weight excluding hydrogens is 370 g/mol. The van der Waals surface area contributed by atoms with Crippen LogP contribution in [0.3, 0.4) is 0 Å². The van der Waals surface area contributed by atoms with Crippen LogP contribution in [0.5, 0.6) is 0 Å². The molecule has 3 rings (SSSR count). The standard InChI is InChI=1S/C25H37N5/c1-7-20-16-23(14-15-29(5)6)30(22-10-8-9-11-22)25(20)28-19(4)27-24-13-12-21(17-26-24)18(2)3/h7,12-13,16-18,22H,4,8-11,14-15H2,1-3,5-6H3,(H,26,27)/b20-7-,28-25+. The lowest BCUT2D eigenvalue weighted by Gasteiger charge is -2.30. The van der Waals surface area contributed by atoms with Gasteiger partial charge in [0.15, 0.2) is 0 Å². The molecule has 1 fully saturated rings. The van der Waals surface area contributed by atoms with E-state index < -0.39 is 0 Å². The van der Waals surface area contributed by atoms with Gasteiger partial charge < -0.3 is 15.1 Å². The SMILES string of the molecule is C=C(/N=C1\C(=C/C)C=C(CCN(C)C)N1C1CCCC1)Nc1ccc(C(C)C)cn1. The van der Waals surface area contributed by atoms with Crippen LogP contribution in [0.4, 0.5) is 5.82 Å². The summed E-state index contributed by atoms with van der Waals surface area (Å²) in [4.78, 5) is 14.2. The Morgan fingerprint density at radius 3 is 2.63 bits per heavy atom. The molecule has 0 atom stereocenters. The van der Waals surface area contributed by atoms with Crippen LogP contribution in [0.2, 0.25) is 0 Å². The zero-order valence-electron chi connectivity index (χ0n) is 19.3. The summed E-state index contributed by atoms with van der Waals surface area (Å²) in [6.45, 7) is 11.6. The van der Waals surface area contributed by atoms with Gasteiger partial charge in [0.1, 0.15) is 17.5 Å². The average Bonchev–Trinajstić information content (AvgIpc) is 3.34. The molecule has 0 spiro atoms. The molecule has 30 heavy (non-hydrogen) atoms. The molecule has 1 aromatic rings. The first-order valence-corrected chi connectivity index (χ1v) is 11.2. The molecule has 5 heteroatoms. The van der Waals surface area contributed by atoms with E-state index in [2.05, 4.69) is 79.8 Å². The molecule has 5 nitrogen and oxygen atoms in total. The Hall–Kier alpha value is -2.40. The average molecular weight is 408 g/mol. The van der Waals surface area contributed by atoms with Gasteiger partial charge in [-0.2, -0.15) is 0 Å². The molecule has 0 amide bonds. The van der Waals surface area contributed by atoms with Crippen LogP contribution in [-0.2, 0) is 0 Å². The number of amidine groups is 1. The largest absolute Gasteiger partial charge is 0.326 e. The van der Waals surface area contributed by atoms with E-state index in [9.17, 15) is 0 Å². The Balaban J connectivity index is 1.81. The second-order valence-corrected chi connectivity index (χ2v) is 8.88. The summed E-state index contributed by atoms with van der Waals surface area (Å²) < 4.78 is 0. The molecule has 162 valence electrons. The summed E-state index contributed by atoms with van der Waals surface area (Å²) in [5.41, 5.74) is 3.78. The summed E-state index contributed by atoms with van der Waals surface area (Å²) in [5, 5.41) is 3.28. The predicted molar refractivity (Wildman–Crippen MR) is 128 cm³/mol. The lowest BCUT2D eigenvalue weighted by atomic mass is 10.1. The van der Waals surface area contributed by atoms with Gasteiger partial charge in [-0.3, -0.25) is 0 Å². The Labute approximate surface area is 182 Å². The van der Waals surface area contributed by atoms with Crippen molar-refractivity contribution in [3.05, 3.63) is 59.7 Å². The predicted octanol–water partition coefficient (Wildman–Crippen LogP) is 5.53. The highest BCUT2D eigenvalue weighted by molar-refractivity contribution is 6.05. The number of aliphatic imine (C=N–C) groups is 1. The first-order valence-electron chi connectivity index (χ1n) is 11.2. The van der Waals surface area contributed by atoms with Gasteiger partial charge in [-0.15, -0.1) is 0 Å². The zero-order valence-corrected chi connectivity index (χ0v) is 19.3. The van der Waals surface area contributed by atoms with Gasteiger partial charge in [-0.1, -0.05) is 45.4 Å². The number of hydrogen-bond donors (Lipinski definition) is 1. The fraction of sp³-hybridized carbons (Fsp3) is 0.520. The third kappa shape index (κ3) is 5.39. The third-order valence-electron chi connectivity index (χ3n) is 5.90. The second-order valence-electron chi connectivity index (χ2n) is 8.88. The van der Waals surface area contributed by atoms with Crippen molar-refractivity contribution < 1.29 is 0 Å². The van der Waals surface area contributed by atoms with Gasteiger partial charge in [0.05, 0.1) is 0 Å². The van der Waals surface area contributed by atoms with Gasteiger partial charge in [0.2, 0.25) is 0 Å². The first kappa shape index (κ1) is 22.3. The van der Waals surface area contributed by atoms with Crippen molar-refractivity contribution in [3.63, 3.8) is 0 Å². The summed E-state index contributed by atoms with van der Waals surface area (Å²) >= 11 is 0. The minimum atomic E-state index is 0.470. The minimum absolute atomic E-state index is 0.470. The summed E-state index contributed by atoms with van der Waals surface area (Å²) in [6.07, 6.45) is 12.5. The molecule has 0 radical (unpaired) electrons. The number of nitrogens with one attached hydrogen (secondary N) is 1. The Bertz CT molecular complexity index is 824. The minimum Gasteiger partial charge on any atom is -0.326 e. The smallest absolute Gasteiger partial charge is 0.142 e. The molecular formula is C25H37N5. The summed E-state index contributed by atoms with van der Waals surface area (Å²) in [6, 6.07) is 4.64. The van der Waals surface area contributed by atoms with Gasteiger partial charge in [-0.25, -0.2) is 9.98 Å². The van der Waals surface area contributed by atoms with E-state index in [1.807, 2.05) is 12.3 Å². The fourth-order valence-corrected chi connectivity index (χ4v) is 4.14. The molecule has 1 aromatic heterocycles. The van der Waals surface area contributed by atoms with Crippen molar-refractivity contribution in [1.82, 2.24) is 14.8 Å². The van der Waals surface area contributed by atoms with Crippen LogP contribution in [0.1, 0.15) is 64.4 Å². The number of aromatic nitrogens is 1. The zero-order chi connectivity index (χ0) is 21.7. The first-order chi connectivity index (χ1) is 14.4. The maximum absolute atomic E-state index is 4.95. The molecule has 1 aliphatic heterocycles. The van der Waals surface area contributed by atoms with Crippen molar-refractivity contribution in [3.8, 4) is 0 Å². The Morgan fingerprint density at radius 1 is 1.33 bits per heavy atom. The molecule has 1 N–H and O–H groups in total. The molecule has 0 bridgehead atoms. The van der Waals surface area contributed by atoms with Gasteiger partial charge in [-0.05, 0) is 57.5 Å². The van der Waals surface area contributed by atoms with Crippen molar-refractivity contribution >= 4 is 11.7 Å². The van der Waals surface area contributed by atoms with Crippen LogP contribution < -0.4 is 5.32 Å². The van der Waals surface area contributed by atoms with Crippen molar-refractivity contribution in [1.29, 1.82) is 0 Å². The van der Waals surface area contributed by atoms with E-state index in [1.54, 1.807) is 0 Å². The van der Waals surface area contributed by atoms with Crippen LogP contribution in [0, 0.1) is 0 Å². The van der Waals surface area contributed by atoms with E-state index in [1.165, 1.54) is 42.5 Å². The highest BCUT2D eigenvalue weighted by Gasteiger charge is 2.33. The van der Waals surface area contributed by atoms with E-state index in [0.29, 0.717) is 17.8 Å². The number of hydrogen-bond acceptors (Lipinski definition) is 4. The van der Waals surface area contributed by atoms with E-state index in [0.717, 1.165) is 24.6 Å². The molecule has 2 heterocycles. The number of rotatable bonds is 8. The molecule has 0 unspecified atom stereocenters. The quantitative estimate of drug-likeness (QED) is 0.616. The molecule has 2 aliphatic rings. The van der Waals surface area contributed by atoms with E-state index in [4.69, 9.17) is 4.99 Å². The fourth-order valence-electron chi connectivity index (χ4n) is 4.14. The molecule has 1 aliphatic carbocycles. The molecule has 0 aromatic carbocycles. The maximum atomic E-state index is 4.95. The summed E-state index contributed by atoms with van der Waals surface area (Å²) in [7, 11) is 4.26. The van der Waals surface area contributed by atoms with Crippen LogP contribution >= 0.6 is 0 Å². The van der Waals surface area contributed by atoms with Crippen LogP contribution in [-0.4, -0.2) is 47.3 Å². The number of pyridine rings is 1. The van der Waals surface area contributed by atoms with Crippen LogP contribution in [0.15, 0.2) is 59.1 Å². The number of nitrogens with zero attached hydrogens (tertiary/aromatic N) is 4. The van der Waals surface area contributed by atoms with Gasteiger partial charge in [0.25, 0.3) is 0 Å². The lowest BCUT2D eigenvalue weighted by molar-refractivity contribution is 0.347. The lowest BCUT2D eigenvalue weighted by Crippen LogP contribution is -2.36. The van der Waals surface area contributed by atoms with Crippen molar-refractivity contribution in [2.45, 2.75) is 64.8 Å². The highest BCUT2D eigenvalue weighted by Crippen LogP contribution is 2.34. The van der Waals surface area contributed by atoms with Crippen molar-refractivity contribution in [2.24, 2.45) is 4.99 Å². The molecule has 1 saturated carbocycles. The second kappa shape index (κ2) is 10.1. The third-order valence-corrected chi connectivity index (χ3v) is 5.90. The van der Waals surface area contributed by atoms with Gasteiger partial charge >= 0.3 is 0 Å². The van der Waals surface area contributed by atoms with E-state index >= 15 is 0 Å².